The lowest BCUT2D eigenvalue weighted by Crippen LogP contribution is -2.66. The molecule has 0 aromatic rings. The molecule has 0 amide bonds. The SMILES string of the molecule is C/C=C(/C)C(=O)O[C@@H]1[C@@H](C)[C@@]2(O)[C@@H](C=C(CO)C[C@]3(O)C(=O)C(C)=C[C@@H]23)[C@@H]2C(C)(C)[C@]12OC(=O)C(C)C. The van der Waals surface area contributed by atoms with Crippen LogP contribution in [-0.4, -0.2) is 62.6 Å². The van der Waals surface area contributed by atoms with Crippen molar-refractivity contribution in [3.8, 4) is 0 Å². The third-order valence-corrected chi connectivity index (χ3v) is 9.69. The van der Waals surface area contributed by atoms with E-state index >= 15 is 0 Å². The van der Waals surface area contributed by atoms with E-state index in [9.17, 15) is 29.7 Å². The van der Waals surface area contributed by atoms with Crippen molar-refractivity contribution in [2.75, 3.05) is 6.61 Å². The number of fused-ring (bicyclic) bond motifs is 5. The van der Waals surface area contributed by atoms with Crippen LogP contribution in [0.4, 0.5) is 0 Å². The summed E-state index contributed by atoms with van der Waals surface area (Å²) in [5, 5.41) is 34.6. The number of carbonyl (C=O) groups excluding carboxylic acids is 3. The Labute approximate surface area is 218 Å². The van der Waals surface area contributed by atoms with Gasteiger partial charge in [-0.15, -0.1) is 0 Å². The summed E-state index contributed by atoms with van der Waals surface area (Å²) in [7, 11) is 0. The van der Waals surface area contributed by atoms with Crippen LogP contribution in [0.25, 0.3) is 0 Å². The molecule has 0 aliphatic heterocycles. The first-order valence-corrected chi connectivity index (χ1v) is 13.1. The lowest BCUT2D eigenvalue weighted by Gasteiger charge is -2.53. The largest absolute Gasteiger partial charge is 0.454 e. The highest BCUT2D eigenvalue weighted by molar-refractivity contribution is 6.04. The Morgan fingerprint density at radius 2 is 1.84 bits per heavy atom. The number of carbonyl (C=O) groups is 3. The molecule has 2 saturated carbocycles. The fourth-order valence-electron chi connectivity index (χ4n) is 7.43. The lowest BCUT2D eigenvalue weighted by atomic mass is 9.59. The second-order valence-electron chi connectivity index (χ2n) is 12.3. The zero-order valence-corrected chi connectivity index (χ0v) is 23.0. The van der Waals surface area contributed by atoms with Gasteiger partial charge in [0.05, 0.1) is 18.1 Å². The molecular weight excluding hydrogens is 476 g/mol. The molecule has 4 aliphatic carbocycles. The van der Waals surface area contributed by atoms with Crippen LogP contribution in [0.1, 0.15) is 61.8 Å². The molecule has 0 unspecified atom stereocenters. The molecule has 2 fully saturated rings. The minimum Gasteiger partial charge on any atom is -0.454 e. The van der Waals surface area contributed by atoms with Gasteiger partial charge in [0.2, 0.25) is 0 Å². The molecular formula is C29H40O8. The Bertz CT molecular complexity index is 1130. The van der Waals surface area contributed by atoms with Crippen molar-refractivity contribution in [3.63, 3.8) is 0 Å². The van der Waals surface area contributed by atoms with Crippen molar-refractivity contribution in [1.29, 1.82) is 0 Å². The van der Waals surface area contributed by atoms with E-state index in [1.165, 1.54) is 0 Å². The Hall–Kier alpha value is -2.29. The van der Waals surface area contributed by atoms with E-state index in [0.29, 0.717) is 16.7 Å². The molecule has 4 rings (SSSR count). The normalized spacial score (nSPS) is 42.1. The van der Waals surface area contributed by atoms with E-state index in [4.69, 9.17) is 9.47 Å². The molecule has 204 valence electrons. The highest BCUT2D eigenvalue weighted by Crippen LogP contribution is 2.77. The monoisotopic (exact) mass is 516 g/mol. The summed E-state index contributed by atoms with van der Waals surface area (Å²) < 4.78 is 12.3. The lowest BCUT2D eigenvalue weighted by molar-refractivity contribution is -0.228. The van der Waals surface area contributed by atoms with Crippen LogP contribution in [0.3, 0.4) is 0 Å². The minimum absolute atomic E-state index is 0.125. The first-order chi connectivity index (χ1) is 17.0. The van der Waals surface area contributed by atoms with Crippen molar-refractivity contribution in [3.05, 3.63) is 34.9 Å². The molecule has 8 heteroatoms. The van der Waals surface area contributed by atoms with Gasteiger partial charge in [0.1, 0.15) is 11.7 Å². The minimum atomic E-state index is -1.95. The van der Waals surface area contributed by atoms with Crippen LogP contribution in [0.2, 0.25) is 0 Å². The summed E-state index contributed by atoms with van der Waals surface area (Å²) in [5.41, 5.74) is -4.51. The smallest absolute Gasteiger partial charge is 0.333 e. The predicted octanol–water partition coefficient (Wildman–Crippen LogP) is 2.65. The van der Waals surface area contributed by atoms with Gasteiger partial charge in [-0.25, -0.2) is 4.79 Å². The second-order valence-corrected chi connectivity index (χ2v) is 12.3. The van der Waals surface area contributed by atoms with Crippen molar-refractivity contribution in [2.24, 2.45) is 35.0 Å². The number of rotatable bonds is 5. The Balaban J connectivity index is 1.96. The molecule has 8 atom stereocenters. The average Bonchev–Trinajstić information content (AvgIpc) is 3.26. The van der Waals surface area contributed by atoms with Gasteiger partial charge in [0, 0.05) is 41.1 Å². The highest BCUT2D eigenvalue weighted by Gasteiger charge is 2.88. The molecule has 0 aromatic heterocycles. The van der Waals surface area contributed by atoms with Gasteiger partial charge < -0.3 is 24.8 Å². The number of ether oxygens (including phenoxy) is 2. The maximum Gasteiger partial charge on any atom is 0.333 e. The standard InChI is InChI=1S/C29H40O8/c1-9-15(4)25(33)36-23-17(6)28(35)19(21-26(7,8)29(21,23)37-24(32)14(2)3)11-18(13-30)12-27(34)20(28)10-16(5)22(27)31/h9-11,14,17,19-21,23,30,34-35H,12-13H2,1-8H3/b15-9-/t17-,19+,20-,21-,23-,27-,28-,29-/m1/s1. The number of hydrogen-bond donors (Lipinski definition) is 3. The molecule has 0 radical (unpaired) electrons. The molecule has 4 aliphatic rings. The number of Topliss-reactive ketones (excluding diaryl/α,β-unsaturated/α-hetero) is 1. The van der Waals surface area contributed by atoms with Crippen molar-refractivity contribution >= 4 is 17.7 Å². The number of aliphatic hydroxyl groups excluding tert-OH is 1. The Morgan fingerprint density at radius 3 is 2.38 bits per heavy atom. The van der Waals surface area contributed by atoms with Crippen LogP contribution in [0, 0.1) is 35.0 Å². The third kappa shape index (κ3) is 3.48. The van der Waals surface area contributed by atoms with E-state index in [-0.39, 0.29) is 6.42 Å². The summed E-state index contributed by atoms with van der Waals surface area (Å²) in [6.07, 6.45) is 3.81. The highest BCUT2D eigenvalue weighted by atomic mass is 16.6. The first kappa shape index (κ1) is 27.7. The molecule has 0 saturated heterocycles. The zero-order valence-electron chi connectivity index (χ0n) is 23.0. The predicted molar refractivity (Wildman–Crippen MR) is 135 cm³/mol. The van der Waals surface area contributed by atoms with Crippen molar-refractivity contribution in [1.82, 2.24) is 0 Å². The molecule has 0 aromatic carbocycles. The summed E-state index contributed by atoms with van der Waals surface area (Å²) in [4.78, 5) is 39.3. The van der Waals surface area contributed by atoms with E-state index in [2.05, 4.69) is 0 Å². The van der Waals surface area contributed by atoms with E-state index < -0.39 is 82.2 Å². The van der Waals surface area contributed by atoms with Crippen LogP contribution >= 0.6 is 0 Å². The fraction of sp³-hybridized carbons (Fsp3) is 0.690. The number of esters is 2. The quantitative estimate of drug-likeness (QED) is 0.289. The Morgan fingerprint density at radius 1 is 1.22 bits per heavy atom. The molecule has 37 heavy (non-hydrogen) atoms. The van der Waals surface area contributed by atoms with Crippen LogP contribution in [0.15, 0.2) is 34.9 Å². The fourth-order valence-corrected chi connectivity index (χ4v) is 7.43. The maximum atomic E-state index is 13.2. The maximum absolute atomic E-state index is 13.2. The molecule has 8 nitrogen and oxygen atoms in total. The number of hydrogen-bond acceptors (Lipinski definition) is 8. The van der Waals surface area contributed by atoms with Gasteiger partial charge in [-0.3, -0.25) is 9.59 Å². The molecule has 0 heterocycles. The van der Waals surface area contributed by atoms with Gasteiger partial charge in [0.15, 0.2) is 11.4 Å². The molecule has 0 spiro atoms. The third-order valence-electron chi connectivity index (χ3n) is 9.69. The average molecular weight is 517 g/mol. The van der Waals surface area contributed by atoms with E-state index in [1.54, 1.807) is 59.8 Å². The van der Waals surface area contributed by atoms with Gasteiger partial charge >= 0.3 is 11.9 Å². The zero-order chi connectivity index (χ0) is 27.9. The number of ketones is 1. The Kier molecular flexibility index (Phi) is 6.46. The first-order valence-electron chi connectivity index (χ1n) is 13.1. The van der Waals surface area contributed by atoms with Crippen molar-refractivity contribution in [2.45, 2.75) is 84.7 Å². The van der Waals surface area contributed by atoms with E-state index in [0.717, 1.165) is 0 Å². The summed E-state index contributed by atoms with van der Waals surface area (Å²) in [6, 6.07) is 0. The van der Waals surface area contributed by atoms with Crippen LogP contribution in [-0.2, 0) is 23.9 Å². The van der Waals surface area contributed by atoms with Crippen LogP contribution in [0.5, 0.6) is 0 Å². The van der Waals surface area contributed by atoms with Gasteiger partial charge in [-0.05, 0) is 31.9 Å². The van der Waals surface area contributed by atoms with Gasteiger partial charge in [-0.1, -0.05) is 52.8 Å². The summed E-state index contributed by atoms with van der Waals surface area (Å²) >= 11 is 0. The summed E-state index contributed by atoms with van der Waals surface area (Å²) in [6.45, 7) is 13.5. The van der Waals surface area contributed by atoms with Crippen molar-refractivity contribution < 1.29 is 39.2 Å². The topological polar surface area (TPSA) is 130 Å². The number of aliphatic hydroxyl groups is 3. The molecule has 0 bridgehead atoms. The number of allylic oxidation sites excluding steroid dienone is 1. The van der Waals surface area contributed by atoms with Crippen LogP contribution < -0.4 is 0 Å². The van der Waals surface area contributed by atoms with Gasteiger partial charge in [-0.2, -0.15) is 0 Å². The van der Waals surface area contributed by atoms with E-state index in [1.807, 2.05) is 13.8 Å². The second kappa shape index (κ2) is 8.61. The van der Waals surface area contributed by atoms with Gasteiger partial charge in [0.25, 0.3) is 0 Å². The summed E-state index contributed by atoms with van der Waals surface area (Å²) in [5.74, 6) is -5.00. The molecule has 3 N–H and O–H groups in total.